The van der Waals surface area contributed by atoms with E-state index in [4.69, 9.17) is 34.8 Å². The molecule has 0 heterocycles. The topological polar surface area (TPSA) is 86.8 Å². The van der Waals surface area contributed by atoms with E-state index in [1.54, 1.807) is 6.92 Å². The molecular weight excluding hydrogens is 540 g/mol. The van der Waals surface area contributed by atoms with Gasteiger partial charge in [-0.3, -0.25) is 13.9 Å². The van der Waals surface area contributed by atoms with Crippen LogP contribution in [0.3, 0.4) is 0 Å². The first-order valence-electron chi connectivity index (χ1n) is 10.8. The van der Waals surface area contributed by atoms with Crippen molar-refractivity contribution < 1.29 is 22.4 Å². The lowest BCUT2D eigenvalue weighted by Crippen LogP contribution is -2.52. The first kappa shape index (κ1) is 29.2. The van der Waals surface area contributed by atoms with Crippen molar-refractivity contribution in [2.24, 2.45) is 0 Å². The predicted molar refractivity (Wildman–Crippen MR) is 138 cm³/mol. The third-order valence-corrected chi connectivity index (χ3v) is 7.29. The maximum absolute atomic E-state index is 13.6. The summed E-state index contributed by atoms with van der Waals surface area (Å²) >= 11 is 18.3. The number of sulfonamides is 1. The molecule has 2 aromatic rings. The summed E-state index contributed by atoms with van der Waals surface area (Å²) < 4.78 is 39.5. The van der Waals surface area contributed by atoms with E-state index in [9.17, 15) is 22.4 Å². The zero-order valence-corrected chi connectivity index (χ0v) is 22.6. The molecule has 0 saturated heterocycles. The highest BCUT2D eigenvalue weighted by atomic mass is 35.5. The number of amides is 2. The third-order valence-electron chi connectivity index (χ3n) is 5.14. The van der Waals surface area contributed by atoms with Crippen LogP contribution in [0.25, 0.3) is 0 Å². The summed E-state index contributed by atoms with van der Waals surface area (Å²) in [5, 5.41) is 2.93. The fraction of sp³-hybridized carbons (Fsp3) is 0.391. The van der Waals surface area contributed by atoms with Crippen LogP contribution in [0.15, 0.2) is 36.4 Å². The Kier molecular flexibility index (Phi) is 10.6. The van der Waals surface area contributed by atoms with Crippen molar-refractivity contribution in [1.82, 2.24) is 10.2 Å². The fourth-order valence-electron chi connectivity index (χ4n) is 3.37. The van der Waals surface area contributed by atoms with Gasteiger partial charge in [-0.2, -0.15) is 0 Å². The highest BCUT2D eigenvalue weighted by Gasteiger charge is 2.32. The van der Waals surface area contributed by atoms with Crippen LogP contribution in [0.4, 0.5) is 10.1 Å². The van der Waals surface area contributed by atoms with Gasteiger partial charge in [-0.1, -0.05) is 60.8 Å². The van der Waals surface area contributed by atoms with Crippen molar-refractivity contribution in [1.29, 1.82) is 0 Å². The summed E-state index contributed by atoms with van der Waals surface area (Å²) in [6, 6.07) is 7.14. The molecular formula is C23H27Cl3FN3O4S. The maximum Gasteiger partial charge on any atom is 0.244 e. The lowest BCUT2D eigenvalue weighted by molar-refractivity contribution is -0.140. The molecule has 0 aromatic heterocycles. The van der Waals surface area contributed by atoms with Crippen LogP contribution >= 0.6 is 34.8 Å². The number of carbonyl (C=O) groups is 2. The minimum atomic E-state index is -3.99. The van der Waals surface area contributed by atoms with Gasteiger partial charge in [0.2, 0.25) is 21.8 Å². The summed E-state index contributed by atoms with van der Waals surface area (Å²) in [4.78, 5) is 27.7. The van der Waals surface area contributed by atoms with Gasteiger partial charge in [0.25, 0.3) is 0 Å². The number of hydrogen-bond acceptors (Lipinski definition) is 4. The zero-order chi connectivity index (χ0) is 26.3. The average molecular weight is 567 g/mol. The van der Waals surface area contributed by atoms with Crippen molar-refractivity contribution in [3.8, 4) is 0 Å². The van der Waals surface area contributed by atoms with Gasteiger partial charge in [-0.25, -0.2) is 12.8 Å². The van der Waals surface area contributed by atoms with Crippen LogP contribution in [0.1, 0.15) is 32.3 Å². The molecule has 0 radical (unpaired) electrons. The number of hydrogen-bond donors (Lipinski definition) is 1. The second-order valence-electron chi connectivity index (χ2n) is 7.85. The summed E-state index contributed by atoms with van der Waals surface area (Å²) in [7, 11) is -3.99. The summed E-state index contributed by atoms with van der Waals surface area (Å²) in [6.07, 6.45) is 1.90. The Bertz CT molecular complexity index is 1160. The molecule has 0 saturated carbocycles. The number of nitrogens with one attached hydrogen (secondary N) is 1. The van der Waals surface area contributed by atoms with Crippen LogP contribution in [0.2, 0.25) is 15.1 Å². The highest BCUT2D eigenvalue weighted by molar-refractivity contribution is 7.92. The summed E-state index contributed by atoms with van der Waals surface area (Å²) in [5.74, 6) is -1.47. The quantitative estimate of drug-likeness (QED) is 0.393. The Morgan fingerprint density at radius 1 is 1.03 bits per heavy atom. The molecule has 12 heteroatoms. The number of benzene rings is 2. The van der Waals surface area contributed by atoms with E-state index in [1.807, 2.05) is 6.92 Å². The molecule has 192 valence electrons. The fourth-order valence-corrected chi connectivity index (χ4v) is 4.92. The number of carbonyl (C=O) groups excluding carboxylic acids is 2. The molecule has 0 unspecified atom stereocenters. The number of anilines is 1. The van der Waals surface area contributed by atoms with Crippen LogP contribution in [0.5, 0.6) is 0 Å². The first-order chi connectivity index (χ1) is 16.4. The molecule has 0 bridgehead atoms. The number of rotatable bonds is 11. The molecule has 0 aliphatic rings. The van der Waals surface area contributed by atoms with Crippen LogP contribution in [-0.2, 0) is 26.2 Å². The zero-order valence-electron chi connectivity index (χ0n) is 19.5. The molecule has 0 aliphatic heterocycles. The molecule has 0 fully saturated rings. The van der Waals surface area contributed by atoms with Gasteiger partial charge in [0.05, 0.1) is 27.0 Å². The Balaban J connectivity index is 2.48. The largest absolute Gasteiger partial charge is 0.354 e. The predicted octanol–water partition coefficient (Wildman–Crippen LogP) is 4.89. The molecule has 2 amide bonds. The SMILES string of the molecule is CCCNC(=O)[C@@H](CC)N(Cc1ccc(F)cc1)C(=O)CN(c1cc(Cl)c(Cl)cc1Cl)S(C)(=O)=O. The summed E-state index contributed by atoms with van der Waals surface area (Å²) in [6.45, 7) is 3.38. The van der Waals surface area contributed by atoms with E-state index < -0.39 is 34.3 Å². The molecule has 0 aliphatic carbocycles. The van der Waals surface area contributed by atoms with Gasteiger partial charge < -0.3 is 10.2 Å². The highest BCUT2D eigenvalue weighted by Crippen LogP contribution is 2.35. The van der Waals surface area contributed by atoms with Gasteiger partial charge in [0, 0.05) is 13.1 Å². The van der Waals surface area contributed by atoms with Crippen LogP contribution in [-0.4, -0.2) is 50.5 Å². The van der Waals surface area contributed by atoms with E-state index in [1.165, 1.54) is 41.3 Å². The first-order valence-corrected chi connectivity index (χ1v) is 13.8. The Morgan fingerprint density at radius 2 is 1.63 bits per heavy atom. The van der Waals surface area contributed by atoms with E-state index in [0.29, 0.717) is 18.5 Å². The van der Waals surface area contributed by atoms with E-state index in [0.717, 1.165) is 10.6 Å². The van der Waals surface area contributed by atoms with Gasteiger partial charge >= 0.3 is 0 Å². The van der Waals surface area contributed by atoms with Crippen molar-refractivity contribution in [2.75, 3.05) is 23.7 Å². The normalized spacial score (nSPS) is 12.2. The number of nitrogens with zero attached hydrogens (tertiary/aromatic N) is 2. The average Bonchev–Trinajstić information content (AvgIpc) is 2.79. The molecule has 35 heavy (non-hydrogen) atoms. The van der Waals surface area contributed by atoms with Gasteiger partial charge in [0.1, 0.15) is 18.4 Å². The molecule has 1 atom stereocenters. The smallest absolute Gasteiger partial charge is 0.244 e. The van der Waals surface area contributed by atoms with E-state index in [2.05, 4.69) is 5.32 Å². The molecule has 0 spiro atoms. The second-order valence-corrected chi connectivity index (χ2v) is 11.0. The number of halogens is 4. The Labute approximate surface area is 220 Å². The molecule has 2 aromatic carbocycles. The van der Waals surface area contributed by atoms with E-state index in [-0.39, 0.29) is 39.6 Å². The van der Waals surface area contributed by atoms with Crippen molar-refractivity contribution in [2.45, 2.75) is 39.3 Å². The minimum absolute atomic E-state index is 0.0181. The Hall–Kier alpha value is -2.07. The summed E-state index contributed by atoms with van der Waals surface area (Å²) in [5.41, 5.74) is 0.544. The Morgan fingerprint density at radius 3 is 2.17 bits per heavy atom. The van der Waals surface area contributed by atoms with Crippen molar-refractivity contribution in [3.63, 3.8) is 0 Å². The molecule has 1 N–H and O–H groups in total. The monoisotopic (exact) mass is 565 g/mol. The van der Waals surface area contributed by atoms with Crippen LogP contribution in [0, 0.1) is 5.82 Å². The van der Waals surface area contributed by atoms with Gasteiger partial charge in [-0.15, -0.1) is 0 Å². The van der Waals surface area contributed by atoms with Crippen LogP contribution < -0.4 is 9.62 Å². The van der Waals surface area contributed by atoms with Gasteiger partial charge in [-0.05, 0) is 42.7 Å². The molecule has 7 nitrogen and oxygen atoms in total. The minimum Gasteiger partial charge on any atom is -0.354 e. The van der Waals surface area contributed by atoms with Gasteiger partial charge in [0.15, 0.2) is 0 Å². The molecule has 2 rings (SSSR count). The third kappa shape index (κ3) is 7.96. The second kappa shape index (κ2) is 12.8. The van der Waals surface area contributed by atoms with Crippen molar-refractivity contribution >= 4 is 62.3 Å². The lowest BCUT2D eigenvalue weighted by Gasteiger charge is -2.33. The lowest BCUT2D eigenvalue weighted by atomic mass is 10.1. The van der Waals surface area contributed by atoms with Crippen molar-refractivity contribution in [3.05, 3.63) is 62.8 Å². The maximum atomic E-state index is 13.6. The van der Waals surface area contributed by atoms with E-state index >= 15 is 0 Å². The standard InChI is InChI=1S/C23H27Cl3FN3O4S/c1-4-10-28-23(32)20(5-2)29(13-15-6-8-16(27)9-7-15)22(31)14-30(35(3,33)34)21-12-18(25)17(24)11-19(21)26/h6-9,11-12,20H,4-5,10,13-14H2,1-3H3,(H,28,32)/t20-/m1/s1.